The summed E-state index contributed by atoms with van der Waals surface area (Å²) in [4.78, 5) is 12.2. The van der Waals surface area contributed by atoms with Gasteiger partial charge in [0, 0.05) is 22.1 Å². The van der Waals surface area contributed by atoms with Crippen LogP contribution in [0.2, 0.25) is 9.36 Å². The maximum absolute atomic E-state index is 12.2. The fourth-order valence-corrected chi connectivity index (χ4v) is 2.98. The lowest BCUT2D eigenvalue weighted by atomic mass is 10.2. The van der Waals surface area contributed by atoms with Crippen LogP contribution in [-0.2, 0) is 18.0 Å². The van der Waals surface area contributed by atoms with Crippen molar-refractivity contribution in [3.05, 3.63) is 68.6 Å². The van der Waals surface area contributed by atoms with Crippen molar-refractivity contribution in [3.63, 3.8) is 0 Å². The summed E-state index contributed by atoms with van der Waals surface area (Å²) >= 11 is 13.1. The molecule has 9 heteroatoms. The number of aromatic nitrogens is 2. The number of rotatable bonds is 7. The van der Waals surface area contributed by atoms with Gasteiger partial charge in [0.1, 0.15) is 23.2 Å². The van der Waals surface area contributed by atoms with E-state index in [1.807, 2.05) is 18.2 Å². The van der Waals surface area contributed by atoms with Crippen molar-refractivity contribution in [2.45, 2.75) is 13.2 Å². The molecular formula is C18H14Cl2N2O4S. The van der Waals surface area contributed by atoms with Crippen LogP contribution in [0.4, 0.5) is 0 Å². The van der Waals surface area contributed by atoms with Gasteiger partial charge in [0.15, 0.2) is 11.5 Å². The first-order valence-electron chi connectivity index (χ1n) is 7.76. The Labute approximate surface area is 169 Å². The number of hydrogen-bond acceptors (Lipinski definition) is 7. The third-order valence-electron chi connectivity index (χ3n) is 3.59. The van der Waals surface area contributed by atoms with E-state index in [4.69, 9.17) is 37.4 Å². The Morgan fingerprint density at radius 1 is 1.11 bits per heavy atom. The van der Waals surface area contributed by atoms with Crippen molar-refractivity contribution >= 4 is 40.7 Å². The van der Waals surface area contributed by atoms with Gasteiger partial charge in [0.05, 0.1) is 12.7 Å². The van der Waals surface area contributed by atoms with Crippen molar-refractivity contribution in [2.75, 3.05) is 7.11 Å². The molecule has 1 aromatic heterocycles. The van der Waals surface area contributed by atoms with Gasteiger partial charge in [-0.25, -0.2) is 4.79 Å². The average Bonchev–Trinajstić information content (AvgIpc) is 3.10. The smallest absolute Gasteiger partial charge is 0.338 e. The number of ether oxygens (including phenoxy) is 3. The minimum atomic E-state index is -0.532. The molecule has 0 N–H and O–H groups in total. The van der Waals surface area contributed by atoms with E-state index in [-0.39, 0.29) is 13.2 Å². The van der Waals surface area contributed by atoms with E-state index in [0.717, 1.165) is 17.1 Å². The monoisotopic (exact) mass is 424 g/mol. The molecule has 0 aliphatic heterocycles. The lowest BCUT2D eigenvalue weighted by Crippen LogP contribution is -2.07. The second-order valence-corrected chi connectivity index (χ2v) is 7.08. The number of carbonyl (C=O) groups excluding carboxylic acids is 1. The molecule has 3 rings (SSSR count). The molecule has 27 heavy (non-hydrogen) atoms. The quantitative estimate of drug-likeness (QED) is 0.507. The summed E-state index contributed by atoms with van der Waals surface area (Å²) in [7, 11) is 1.49. The van der Waals surface area contributed by atoms with Crippen LogP contribution in [0, 0.1) is 0 Å². The molecule has 0 saturated carbocycles. The summed E-state index contributed by atoms with van der Waals surface area (Å²) in [6.07, 6.45) is 0. The molecule has 0 atom stereocenters. The van der Waals surface area contributed by atoms with Crippen molar-refractivity contribution in [3.8, 4) is 11.5 Å². The first-order valence-corrected chi connectivity index (χ1v) is 9.29. The van der Waals surface area contributed by atoms with Gasteiger partial charge >= 0.3 is 5.97 Å². The highest BCUT2D eigenvalue weighted by molar-refractivity contribution is 7.10. The molecule has 140 valence electrons. The molecular weight excluding hydrogens is 411 g/mol. The van der Waals surface area contributed by atoms with E-state index in [1.54, 1.807) is 24.3 Å². The zero-order valence-electron chi connectivity index (χ0n) is 14.1. The molecule has 0 saturated heterocycles. The largest absolute Gasteiger partial charge is 0.493 e. The topological polar surface area (TPSA) is 70.5 Å². The third-order valence-corrected chi connectivity index (χ3v) is 4.94. The molecule has 0 aliphatic rings. The van der Waals surface area contributed by atoms with E-state index in [1.165, 1.54) is 7.11 Å². The van der Waals surface area contributed by atoms with E-state index in [0.29, 0.717) is 32.1 Å². The summed E-state index contributed by atoms with van der Waals surface area (Å²) in [6.45, 7) is 0.219. The summed E-state index contributed by atoms with van der Waals surface area (Å²) in [5.74, 6) is 0.362. The maximum Gasteiger partial charge on any atom is 0.338 e. The Bertz CT molecular complexity index is 949. The predicted octanol–water partition coefficient (Wildman–Crippen LogP) is 4.79. The first-order chi connectivity index (χ1) is 13.1. The van der Waals surface area contributed by atoms with Crippen LogP contribution in [0.25, 0.3) is 0 Å². The van der Waals surface area contributed by atoms with Gasteiger partial charge < -0.3 is 14.2 Å². The second kappa shape index (κ2) is 9.03. The predicted molar refractivity (Wildman–Crippen MR) is 103 cm³/mol. The molecule has 0 unspecified atom stereocenters. The number of methoxy groups -OCH3 is 1. The molecule has 0 amide bonds. The highest BCUT2D eigenvalue weighted by Gasteiger charge is 2.15. The number of halogens is 2. The first kappa shape index (κ1) is 19.4. The molecule has 0 bridgehead atoms. The minimum absolute atomic E-state index is 0.0543. The standard InChI is InChI=1S/C18H14Cl2N2O4S/c1-24-16-8-11(18(23)26-10-14-17(20)27-22-21-14)6-7-15(16)25-9-12-4-2-3-5-13(12)19/h2-8H,9-10H2,1H3. The summed E-state index contributed by atoms with van der Waals surface area (Å²) in [6, 6.07) is 12.2. The van der Waals surface area contributed by atoms with Gasteiger partial charge in [-0.2, -0.15) is 0 Å². The highest BCUT2D eigenvalue weighted by atomic mass is 35.5. The molecule has 0 aliphatic carbocycles. The van der Waals surface area contributed by atoms with Gasteiger partial charge in [0.2, 0.25) is 0 Å². The van der Waals surface area contributed by atoms with Crippen molar-refractivity contribution in [1.82, 2.24) is 9.59 Å². The Balaban J connectivity index is 1.67. The second-order valence-electron chi connectivity index (χ2n) is 5.32. The lowest BCUT2D eigenvalue weighted by molar-refractivity contribution is 0.0467. The van der Waals surface area contributed by atoms with Crippen LogP contribution in [0.1, 0.15) is 21.6 Å². The summed E-state index contributed by atoms with van der Waals surface area (Å²) < 4.78 is 20.4. The van der Waals surface area contributed by atoms with E-state index >= 15 is 0 Å². The van der Waals surface area contributed by atoms with Crippen molar-refractivity contribution in [1.29, 1.82) is 0 Å². The Kier molecular flexibility index (Phi) is 6.49. The number of hydrogen-bond donors (Lipinski definition) is 0. The molecule has 0 radical (unpaired) electrons. The molecule has 0 spiro atoms. The normalized spacial score (nSPS) is 10.5. The number of nitrogens with zero attached hydrogens (tertiary/aromatic N) is 2. The fraction of sp³-hybridized carbons (Fsp3) is 0.167. The molecule has 3 aromatic rings. The van der Waals surface area contributed by atoms with E-state index in [2.05, 4.69) is 9.59 Å². The number of esters is 1. The van der Waals surface area contributed by atoms with Gasteiger partial charge in [0.25, 0.3) is 0 Å². The molecule has 1 heterocycles. The maximum atomic E-state index is 12.2. The van der Waals surface area contributed by atoms with Gasteiger partial charge in [-0.05, 0) is 24.3 Å². The third kappa shape index (κ3) is 4.88. The number of benzene rings is 2. The van der Waals surface area contributed by atoms with Gasteiger partial charge in [-0.3, -0.25) is 0 Å². The highest BCUT2D eigenvalue weighted by Crippen LogP contribution is 2.30. The zero-order chi connectivity index (χ0) is 19.2. The minimum Gasteiger partial charge on any atom is -0.493 e. The average molecular weight is 425 g/mol. The van der Waals surface area contributed by atoms with E-state index in [9.17, 15) is 4.79 Å². The van der Waals surface area contributed by atoms with Gasteiger partial charge in [-0.15, -0.1) is 5.10 Å². The Hall–Kier alpha value is -2.35. The fourth-order valence-electron chi connectivity index (χ4n) is 2.19. The zero-order valence-corrected chi connectivity index (χ0v) is 16.5. The summed E-state index contributed by atoms with van der Waals surface area (Å²) in [5.41, 5.74) is 1.58. The van der Waals surface area contributed by atoms with Crippen LogP contribution in [0.5, 0.6) is 11.5 Å². The number of carbonyl (C=O) groups is 1. The molecule has 6 nitrogen and oxygen atoms in total. The lowest BCUT2D eigenvalue weighted by Gasteiger charge is -2.12. The van der Waals surface area contributed by atoms with E-state index < -0.39 is 5.97 Å². The van der Waals surface area contributed by atoms with Crippen LogP contribution in [-0.4, -0.2) is 22.7 Å². The Morgan fingerprint density at radius 2 is 1.93 bits per heavy atom. The van der Waals surface area contributed by atoms with Gasteiger partial charge in [-0.1, -0.05) is 45.9 Å². The van der Waals surface area contributed by atoms with Crippen molar-refractivity contribution < 1.29 is 19.0 Å². The summed E-state index contributed by atoms with van der Waals surface area (Å²) in [5, 5.41) is 4.41. The molecule has 2 aromatic carbocycles. The molecule has 0 fully saturated rings. The van der Waals surface area contributed by atoms with Crippen molar-refractivity contribution in [2.24, 2.45) is 0 Å². The van der Waals surface area contributed by atoms with Crippen LogP contribution in [0.3, 0.4) is 0 Å². The SMILES string of the molecule is COc1cc(C(=O)OCc2nnsc2Cl)ccc1OCc1ccccc1Cl. The van der Waals surface area contributed by atoms with Crippen LogP contribution < -0.4 is 9.47 Å². The Morgan fingerprint density at radius 3 is 2.63 bits per heavy atom. The van der Waals surface area contributed by atoms with Crippen LogP contribution >= 0.6 is 34.7 Å². The van der Waals surface area contributed by atoms with Crippen LogP contribution in [0.15, 0.2) is 42.5 Å².